The number of ether oxygens (including phenoxy) is 1. The van der Waals surface area contributed by atoms with Crippen molar-refractivity contribution >= 4 is 10.1 Å². The summed E-state index contributed by atoms with van der Waals surface area (Å²) in [6.07, 6.45) is 0.957. The molecule has 15 heavy (non-hydrogen) atoms. The van der Waals surface area contributed by atoms with E-state index < -0.39 is 15.4 Å². The van der Waals surface area contributed by atoms with Gasteiger partial charge in [0.15, 0.2) is 0 Å². The fourth-order valence-corrected chi connectivity index (χ4v) is 2.54. The predicted octanol–water partition coefficient (Wildman–Crippen LogP) is 0.375. The Hall–Kier alpha value is -0.170. The molecule has 1 heterocycles. The van der Waals surface area contributed by atoms with Crippen LogP contribution in [0.1, 0.15) is 19.8 Å². The molecule has 0 aromatic heterocycles. The van der Waals surface area contributed by atoms with Crippen molar-refractivity contribution in [3.05, 3.63) is 0 Å². The van der Waals surface area contributed by atoms with Crippen molar-refractivity contribution in [3.8, 4) is 0 Å². The van der Waals surface area contributed by atoms with Gasteiger partial charge in [0.1, 0.15) is 0 Å². The summed E-state index contributed by atoms with van der Waals surface area (Å²) in [5.74, 6) is 0. The molecule has 0 aromatic carbocycles. The van der Waals surface area contributed by atoms with E-state index in [1.807, 2.05) is 0 Å². The van der Waals surface area contributed by atoms with E-state index in [0.717, 1.165) is 13.1 Å². The Labute approximate surface area is 91.2 Å². The summed E-state index contributed by atoms with van der Waals surface area (Å²) in [7, 11) is -3.87. The van der Waals surface area contributed by atoms with Gasteiger partial charge < -0.3 is 4.74 Å². The first-order valence-electron chi connectivity index (χ1n) is 5.30. The van der Waals surface area contributed by atoms with Gasteiger partial charge in [0.25, 0.3) is 10.1 Å². The number of hydrogen-bond donors (Lipinski definition) is 1. The summed E-state index contributed by atoms with van der Waals surface area (Å²) in [5, 5.41) is -0.625. The molecule has 0 aliphatic carbocycles. The van der Waals surface area contributed by atoms with E-state index in [1.54, 1.807) is 6.92 Å². The molecule has 0 aromatic rings. The van der Waals surface area contributed by atoms with Crippen LogP contribution < -0.4 is 0 Å². The van der Waals surface area contributed by atoms with Crippen LogP contribution in [0.3, 0.4) is 0 Å². The third-order valence-electron chi connectivity index (χ3n) is 2.75. The highest BCUT2D eigenvalue weighted by Gasteiger charge is 2.22. The zero-order valence-corrected chi connectivity index (χ0v) is 9.87. The molecule has 0 radical (unpaired) electrons. The molecule has 0 amide bonds. The van der Waals surface area contributed by atoms with Gasteiger partial charge in [-0.1, -0.05) is 6.92 Å². The van der Waals surface area contributed by atoms with Crippen LogP contribution in [0, 0.1) is 0 Å². The molecule has 1 aliphatic heterocycles. The van der Waals surface area contributed by atoms with Crippen LogP contribution >= 0.6 is 0 Å². The van der Waals surface area contributed by atoms with Crippen LogP contribution in [0.4, 0.5) is 0 Å². The van der Waals surface area contributed by atoms with Crippen molar-refractivity contribution in [1.29, 1.82) is 0 Å². The largest absolute Gasteiger partial charge is 0.379 e. The SMILES string of the molecule is CCC(CCN1CCOCC1)S(=O)(=O)O. The molecule has 1 unspecified atom stereocenters. The first-order valence-corrected chi connectivity index (χ1v) is 6.80. The minimum absolute atomic E-state index is 0.461. The molecule has 0 spiro atoms. The lowest BCUT2D eigenvalue weighted by Crippen LogP contribution is -2.38. The summed E-state index contributed by atoms with van der Waals surface area (Å²) in [6.45, 7) is 5.61. The second-order valence-electron chi connectivity index (χ2n) is 3.79. The summed E-state index contributed by atoms with van der Waals surface area (Å²) < 4.78 is 36.0. The molecule has 90 valence electrons. The molecule has 6 heteroatoms. The van der Waals surface area contributed by atoms with Gasteiger partial charge >= 0.3 is 0 Å². The number of morpholine rings is 1. The Morgan fingerprint density at radius 2 is 2.00 bits per heavy atom. The molecular formula is C9H19NO4S. The first-order chi connectivity index (χ1) is 7.04. The van der Waals surface area contributed by atoms with Gasteiger partial charge in [-0.2, -0.15) is 8.42 Å². The maximum Gasteiger partial charge on any atom is 0.267 e. The topological polar surface area (TPSA) is 66.8 Å². The summed E-state index contributed by atoms with van der Waals surface area (Å²) in [5.41, 5.74) is 0. The summed E-state index contributed by atoms with van der Waals surface area (Å²) >= 11 is 0. The molecule has 1 saturated heterocycles. The quantitative estimate of drug-likeness (QED) is 0.700. The van der Waals surface area contributed by atoms with E-state index in [0.29, 0.717) is 32.6 Å². The van der Waals surface area contributed by atoms with Crippen molar-refractivity contribution in [2.45, 2.75) is 25.0 Å². The molecule has 0 bridgehead atoms. The molecule has 1 aliphatic rings. The van der Waals surface area contributed by atoms with Gasteiger partial charge in [-0.25, -0.2) is 0 Å². The maximum atomic E-state index is 10.9. The lowest BCUT2D eigenvalue weighted by atomic mass is 10.2. The highest BCUT2D eigenvalue weighted by molar-refractivity contribution is 7.86. The monoisotopic (exact) mass is 237 g/mol. The van der Waals surface area contributed by atoms with Gasteiger partial charge in [0, 0.05) is 13.1 Å². The summed E-state index contributed by atoms with van der Waals surface area (Å²) in [4.78, 5) is 2.16. The Balaban J connectivity index is 2.33. The van der Waals surface area contributed by atoms with Crippen molar-refractivity contribution in [3.63, 3.8) is 0 Å². The third-order valence-corrected chi connectivity index (χ3v) is 4.16. The van der Waals surface area contributed by atoms with Gasteiger partial charge in [0.05, 0.1) is 18.5 Å². The highest BCUT2D eigenvalue weighted by atomic mass is 32.2. The number of nitrogens with zero attached hydrogens (tertiary/aromatic N) is 1. The fraction of sp³-hybridized carbons (Fsp3) is 1.00. The molecule has 5 nitrogen and oxygen atoms in total. The second kappa shape index (κ2) is 5.79. The lowest BCUT2D eigenvalue weighted by Gasteiger charge is -2.27. The van der Waals surface area contributed by atoms with Gasteiger partial charge in [0.2, 0.25) is 0 Å². The second-order valence-corrected chi connectivity index (χ2v) is 5.48. The van der Waals surface area contributed by atoms with E-state index >= 15 is 0 Å². The molecule has 1 N–H and O–H groups in total. The average molecular weight is 237 g/mol. The average Bonchev–Trinajstić information content (AvgIpc) is 2.18. The third kappa shape index (κ3) is 4.46. The van der Waals surface area contributed by atoms with E-state index in [-0.39, 0.29) is 0 Å². The van der Waals surface area contributed by atoms with Gasteiger partial charge in [-0.15, -0.1) is 0 Å². The van der Waals surface area contributed by atoms with E-state index in [4.69, 9.17) is 9.29 Å². The Kier molecular flexibility index (Phi) is 4.98. The zero-order chi connectivity index (χ0) is 11.3. The first kappa shape index (κ1) is 12.9. The lowest BCUT2D eigenvalue weighted by molar-refractivity contribution is 0.0372. The number of hydrogen-bond acceptors (Lipinski definition) is 4. The van der Waals surface area contributed by atoms with Crippen LogP contribution in [0.15, 0.2) is 0 Å². The van der Waals surface area contributed by atoms with Crippen LogP contribution in [0.2, 0.25) is 0 Å². The molecular weight excluding hydrogens is 218 g/mol. The zero-order valence-electron chi connectivity index (χ0n) is 9.05. The van der Waals surface area contributed by atoms with Crippen LogP contribution in [-0.2, 0) is 14.9 Å². The molecule has 0 saturated carbocycles. The smallest absolute Gasteiger partial charge is 0.267 e. The highest BCUT2D eigenvalue weighted by Crippen LogP contribution is 2.10. The normalized spacial score (nSPS) is 21.5. The van der Waals surface area contributed by atoms with Crippen molar-refractivity contribution in [1.82, 2.24) is 4.90 Å². The molecule has 1 atom stereocenters. The maximum absolute atomic E-state index is 10.9. The van der Waals surface area contributed by atoms with E-state index in [1.165, 1.54) is 0 Å². The Morgan fingerprint density at radius 1 is 1.40 bits per heavy atom. The summed E-state index contributed by atoms with van der Waals surface area (Å²) in [6, 6.07) is 0. The van der Waals surface area contributed by atoms with Crippen LogP contribution in [-0.4, -0.2) is 56.0 Å². The minimum Gasteiger partial charge on any atom is -0.379 e. The van der Waals surface area contributed by atoms with Crippen molar-refractivity contribution in [2.24, 2.45) is 0 Å². The Bertz CT molecular complexity index is 272. The molecule has 1 fully saturated rings. The van der Waals surface area contributed by atoms with Crippen LogP contribution in [0.25, 0.3) is 0 Å². The van der Waals surface area contributed by atoms with Crippen LogP contribution in [0.5, 0.6) is 0 Å². The van der Waals surface area contributed by atoms with Crippen molar-refractivity contribution < 1.29 is 17.7 Å². The standard InChI is InChI=1S/C9H19NO4S/c1-2-9(15(11,12)13)3-4-10-5-7-14-8-6-10/h9H,2-8H2,1H3,(H,11,12,13). The van der Waals surface area contributed by atoms with Crippen molar-refractivity contribution in [2.75, 3.05) is 32.8 Å². The predicted molar refractivity (Wildman–Crippen MR) is 57.5 cm³/mol. The van der Waals surface area contributed by atoms with Gasteiger partial charge in [-0.05, 0) is 19.4 Å². The minimum atomic E-state index is -3.87. The van der Waals surface area contributed by atoms with E-state index in [2.05, 4.69) is 4.90 Å². The molecule has 1 rings (SSSR count). The fourth-order valence-electron chi connectivity index (χ4n) is 1.72. The van der Waals surface area contributed by atoms with E-state index in [9.17, 15) is 8.42 Å². The Morgan fingerprint density at radius 3 is 2.47 bits per heavy atom. The number of rotatable bonds is 5. The van der Waals surface area contributed by atoms with Gasteiger partial charge in [-0.3, -0.25) is 9.45 Å².